The van der Waals surface area contributed by atoms with Gasteiger partial charge in [0.15, 0.2) is 17.4 Å². The summed E-state index contributed by atoms with van der Waals surface area (Å²) in [5.41, 5.74) is 0.841. The standard InChI is InChI=1S/C16H26N6O.HI/c1-3-17-16(18-10-6-4-8-12-23-2)19-13-15-21-20-14-9-5-7-11-22(14)15;/h5,7,9,11H,3-4,6,8,10,12-13H2,1-2H3,(H2,17,18,19);1H. The molecule has 0 saturated carbocycles. The van der Waals surface area contributed by atoms with Crippen LogP contribution in [-0.2, 0) is 11.3 Å². The van der Waals surface area contributed by atoms with Crippen LogP contribution in [0.15, 0.2) is 29.4 Å². The fraction of sp³-hybridized carbons (Fsp3) is 0.562. The number of halogens is 1. The number of aromatic nitrogens is 3. The second-order valence-corrected chi connectivity index (χ2v) is 5.22. The van der Waals surface area contributed by atoms with Gasteiger partial charge in [-0.05, 0) is 38.3 Å². The summed E-state index contributed by atoms with van der Waals surface area (Å²) in [6, 6.07) is 5.85. The average Bonchev–Trinajstić information content (AvgIpc) is 2.99. The van der Waals surface area contributed by atoms with Crippen LogP contribution in [0.25, 0.3) is 5.65 Å². The Morgan fingerprint density at radius 2 is 2.08 bits per heavy atom. The number of nitrogens with one attached hydrogen (secondary N) is 2. The van der Waals surface area contributed by atoms with Gasteiger partial charge in [-0.15, -0.1) is 34.2 Å². The molecular weight excluding hydrogens is 419 g/mol. The second-order valence-electron chi connectivity index (χ2n) is 5.22. The van der Waals surface area contributed by atoms with Gasteiger partial charge in [0.2, 0.25) is 0 Å². The molecule has 0 bridgehead atoms. The Morgan fingerprint density at radius 1 is 1.21 bits per heavy atom. The van der Waals surface area contributed by atoms with Crippen molar-refractivity contribution in [1.82, 2.24) is 25.2 Å². The molecule has 8 heteroatoms. The lowest BCUT2D eigenvalue weighted by Crippen LogP contribution is -2.37. The van der Waals surface area contributed by atoms with Crippen LogP contribution in [0.4, 0.5) is 0 Å². The third kappa shape index (κ3) is 6.60. The molecule has 0 aliphatic rings. The molecular formula is C16H27IN6O. The number of rotatable bonds is 9. The van der Waals surface area contributed by atoms with Gasteiger partial charge in [0.05, 0.1) is 0 Å². The molecule has 2 heterocycles. The molecule has 0 radical (unpaired) electrons. The van der Waals surface area contributed by atoms with Crippen molar-refractivity contribution in [2.24, 2.45) is 4.99 Å². The van der Waals surface area contributed by atoms with E-state index in [1.165, 1.54) is 0 Å². The number of guanidine groups is 1. The fourth-order valence-corrected chi connectivity index (χ4v) is 2.25. The molecule has 0 spiro atoms. The zero-order valence-corrected chi connectivity index (χ0v) is 16.7. The van der Waals surface area contributed by atoms with E-state index < -0.39 is 0 Å². The van der Waals surface area contributed by atoms with Gasteiger partial charge in [-0.1, -0.05) is 6.07 Å². The van der Waals surface area contributed by atoms with Crippen LogP contribution < -0.4 is 10.6 Å². The smallest absolute Gasteiger partial charge is 0.191 e. The van der Waals surface area contributed by atoms with Gasteiger partial charge in [-0.25, -0.2) is 4.99 Å². The maximum atomic E-state index is 5.05. The summed E-state index contributed by atoms with van der Waals surface area (Å²) in [5, 5.41) is 14.9. The van der Waals surface area contributed by atoms with Gasteiger partial charge in [-0.3, -0.25) is 4.40 Å². The zero-order valence-electron chi connectivity index (χ0n) is 14.4. The Labute approximate surface area is 160 Å². The molecule has 24 heavy (non-hydrogen) atoms. The minimum absolute atomic E-state index is 0. The van der Waals surface area contributed by atoms with E-state index in [1.807, 2.05) is 28.8 Å². The molecule has 134 valence electrons. The molecule has 7 nitrogen and oxygen atoms in total. The van der Waals surface area contributed by atoms with E-state index in [1.54, 1.807) is 7.11 Å². The number of hydrogen-bond donors (Lipinski definition) is 2. The van der Waals surface area contributed by atoms with Crippen molar-refractivity contribution in [2.75, 3.05) is 26.8 Å². The Bertz CT molecular complexity index is 615. The highest BCUT2D eigenvalue weighted by molar-refractivity contribution is 14.0. The van der Waals surface area contributed by atoms with Gasteiger partial charge in [0.1, 0.15) is 6.54 Å². The number of pyridine rings is 1. The fourth-order valence-electron chi connectivity index (χ4n) is 2.25. The molecule has 2 N–H and O–H groups in total. The molecule has 0 saturated heterocycles. The highest BCUT2D eigenvalue weighted by atomic mass is 127. The van der Waals surface area contributed by atoms with Crippen molar-refractivity contribution in [2.45, 2.75) is 32.7 Å². The number of methoxy groups -OCH3 is 1. The average molecular weight is 446 g/mol. The van der Waals surface area contributed by atoms with Crippen LogP contribution in [0.3, 0.4) is 0 Å². The molecule has 0 aliphatic carbocycles. The Kier molecular flexibility index (Phi) is 10.3. The molecule has 0 aliphatic heterocycles. The quantitative estimate of drug-likeness (QED) is 0.268. The zero-order chi connectivity index (χ0) is 16.3. The van der Waals surface area contributed by atoms with Crippen LogP contribution >= 0.6 is 24.0 Å². The topological polar surface area (TPSA) is 75.8 Å². The van der Waals surface area contributed by atoms with Crippen molar-refractivity contribution in [3.8, 4) is 0 Å². The van der Waals surface area contributed by atoms with E-state index in [-0.39, 0.29) is 24.0 Å². The molecule has 0 unspecified atom stereocenters. The van der Waals surface area contributed by atoms with E-state index in [0.29, 0.717) is 6.54 Å². The number of nitrogens with zero attached hydrogens (tertiary/aromatic N) is 4. The van der Waals surface area contributed by atoms with Crippen LogP contribution in [0.2, 0.25) is 0 Å². The monoisotopic (exact) mass is 446 g/mol. The Hall–Kier alpha value is -1.42. The molecule has 0 fully saturated rings. The van der Waals surface area contributed by atoms with Crippen molar-refractivity contribution in [3.05, 3.63) is 30.2 Å². The number of aliphatic imine (C=N–C) groups is 1. The normalized spacial score (nSPS) is 11.3. The number of fused-ring (bicyclic) bond motifs is 1. The third-order valence-corrected chi connectivity index (χ3v) is 3.42. The lowest BCUT2D eigenvalue weighted by Gasteiger charge is -2.10. The lowest BCUT2D eigenvalue weighted by atomic mass is 10.2. The summed E-state index contributed by atoms with van der Waals surface area (Å²) < 4.78 is 7.01. The van der Waals surface area contributed by atoms with E-state index in [4.69, 9.17) is 4.74 Å². The SMILES string of the molecule is CCNC(=NCc1nnc2ccccn12)NCCCCCOC.I. The minimum Gasteiger partial charge on any atom is -0.385 e. The van der Waals surface area contributed by atoms with Gasteiger partial charge in [-0.2, -0.15) is 0 Å². The van der Waals surface area contributed by atoms with Crippen molar-refractivity contribution < 1.29 is 4.74 Å². The largest absolute Gasteiger partial charge is 0.385 e. The highest BCUT2D eigenvalue weighted by Crippen LogP contribution is 2.03. The molecule has 0 atom stereocenters. The van der Waals surface area contributed by atoms with Crippen molar-refractivity contribution in [3.63, 3.8) is 0 Å². The van der Waals surface area contributed by atoms with Crippen LogP contribution in [0.5, 0.6) is 0 Å². The van der Waals surface area contributed by atoms with E-state index >= 15 is 0 Å². The van der Waals surface area contributed by atoms with Crippen molar-refractivity contribution >= 4 is 35.6 Å². The Morgan fingerprint density at radius 3 is 2.88 bits per heavy atom. The maximum absolute atomic E-state index is 5.05. The first-order chi connectivity index (χ1) is 11.3. The predicted octanol–water partition coefficient (Wildman–Crippen LogP) is 2.22. The summed E-state index contributed by atoms with van der Waals surface area (Å²) in [5.74, 6) is 1.64. The van der Waals surface area contributed by atoms with Gasteiger partial charge in [0.25, 0.3) is 0 Å². The van der Waals surface area contributed by atoms with E-state index in [9.17, 15) is 0 Å². The van der Waals surface area contributed by atoms with Gasteiger partial charge >= 0.3 is 0 Å². The maximum Gasteiger partial charge on any atom is 0.191 e. The first-order valence-electron chi connectivity index (χ1n) is 8.15. The molecule has 2 rings (SSSR count). The number of unbranched alkanes of at least 4 members (excludes halogenated alkanes) is 2. The molecule has 0 amide bonds. The van der Waals surface area contributed by atoms with Crippen LogP contribution in [0.1, 0.15) is 32.0 Å². The van der Waals surface area contributed by atoms with E-state index in [2.05, 4.69) is 32.7 Å². The molecule has 2 aromatic heterocycles. The van der Waals surface area contributed by atoms with Crippen molar-refractivity contribution in [1.29, 1.82) is 0 Å². The van der Waals surface area contributed by atoms with Gasteiger partial charge in [0, 0.05) is 33.0 Å². The summed E-state index contributed by atoms with van der Waals surface area (Å²) in [4.78, 5) is 4.59. The Balaban J connectivity index is 0.00000288. The van der Waals surface area contributed by atoms with Crippen LogP contribution in [0, 0.1) is 0 Å². The summed E-state index contributed by atoms with van der Waals surface area (Å²) in [7, 11) is 1.74. The highest BCUT2D eigenvalue weighted by Gasteiger charge is 2.04. The molecule has 0 aromatic carbocycles. The summed E-state index contributed by atoms with van der Waals surface area (Å²) in [6.45, 7) is 5.10. The second kappa shape index (κ2) is 12.0. The van der Waals surface area contributed by atoms with E-state index in [0.717, 1.165) is 56.4 Å². The first-order valence-corrected chi connectivity index (χ1v) is 8.15. The minimum atomic E-state index is 0. The van der Waals surface area contributed by atoms with Crippen LogP contribution in [-0.4, -0.2) is 47.4 Å². The summed E-state index contributed by atoms with van der Waals surface area (Å²) in [6.07, 6.45) is 5.30. The lowest BCUT2D eigenvalue weighted by molar-refractivity contribution is 0.192. The molecule has 2 aromatic rings. The number of hydrogen-bond acceptors (Lipinski definition) is 4. The van der Waals surface area contributed by atoms with Gasteiger partial charge < -0.3 is 15.4 Å². The third-order valence-electron chi connectivity index (χ3n) is 3.42. The number of ether oxygens (including phenoxy) is 1. The first kappa shape index (κ1) is 20.6. The summed E-state index contributed by atoms with van der Waals surface area (Å²) >= 11 is 0. The predicted molar refractivity (Wildman–Crippen MR) is 107 cm³/mol.